The monoisotopic (exact) mass is 250 g/mol. The van der Waals surface area contributed by atoms with Crippen molar-refractivity contribution >= 4 is 17.9 Å². The van der Waals surface area contributed by atoms with Crippen LogP contribution in [0.5, 0.6) is 0 Å². The van der Waals surface area contributed by atoms with E-state index in [0.29, 0.717) is 0 Å². The van der Waals surface area contributed by atoms with E-state index in [4.69, 9.17) is 11.6 Å². The Morgan fingerprint density at radius 2 is 2.00 bits per heavy atom. The zero-order chi connectivity index (χ0) is 12.3. The third-order valence-corrected chi connectivity index (χ3v) is 2.43. The van der Waals surface area contributed by atoms with E-state index < -0.39 is 29.4 Å². The van der Waals surface area contributed by atoms with Gasteiger partial charge in [-0.25, -0.2) is 8.78 Å². The summed E-state index contributed by atoms with van der Waals surface area (Å²) < 4.78 is 26.4. The number of hydrogen-bond donors (Lipinski definition) is 2. The first-order chi connectivity index (χ1) is 7.52. The van der Waals surface area contributed by atoms with E-state index in [1.807, 2.05) is 0 Å². The lowest BCUT2D eigenvalue weighted by Crippen LogP contribution is -2.21. The molecule has 0 bridgehead atoms. The van der Waals surface area contributed by atoms with Crippen molar-refractivity contribution in [2.45, 2.75) is 12.2 Å². The van der Waals surface area contributed by atoms with Gasteiger partial charge in [-0.1, -0.05) is 6.07 Å². The highest BCUT2D eigenvalue weighted by Crippen LogP contribution is 2.24. The highest BCUT2D eigenvalue weighted by molar-refractivity contribution is 6.18. The van der Waals surface area contributed by atoms with Gasteiger partial charge in [0.1, 0.15) is 17.7 Å². The molecule has 0 aliphatic rings. The topological polar surface area (TPSA) is 57.5 Å². The summed E-state index contributed by atoms with van der Waals surface area (Å²) in [6.45, 7) is 0. The summed E-state index contributed by atoms with van der Waals surface area (Å²) in [6, 6.07) is 1.80. The highest BCUT2D eigenvalue weighted by atomic mass is 35.5. The van der Waals surface area contributed by atoms with Gasteiger partial charge in [-0.2, -0.15) is 0 Å². The summed E-state index contributed by atoms with van der Waals surface area (Å²) in [4.78, 5) is 10.4. The zero-order valence-electron chi connectivity index (χ0n) is 8.03. The van der Waals surface area contributed by atoms with Crippen LogP contribution in [0.1, 0.15) is 22.0 Å². The molecule has 0 heterocycles. The first-order valence-electron chi connectivity index (χ1n) is 4.38. The second kappa shape index (κ2) is 5.34. The van der Waals surface area contributed by atoms with E-state index in [-0.39, 0.29) is 17.7 Å². The average Bonchev–Trinajstić information content (AvgIpc) is 2.28. The number of aldehydes is 1. The Kier molecular flexibility index (Phi) is 4.35. The lowest BCUT2D eigenvalue weighted by atomic mass is 10.0. The molecule has 2 atom stereocenters. The maximum atomic E-state index is 13.5. The number of benzene rings is 1. The van der Waals surface area contributed by atoms with E-state index in [2.05, 4.69) is 0 Å². The molecule has 88 valence electrons. The smallest absolute Gasteiger partial charge is 0.155 e. The van der Waals surface area contributed by atoms with Gasteiger partial charge in [-0.3, -0.25) is 4.79 Å². The molecule has 1 aromatic carbocycles. The average molecular weight is 251 g/mol. The molecule has 2 N–H and O–H groups in total. The summed E-state index contributed by atoms with van der Waals surface area (Å²) in [6.07, 6.45) is -2.98. The second-order valence-corrected chi connectivity index (χ2v) is 3.46. The van der Waals surface area contributed by atoms with Crippen LogP contribution in [0.25, 0.3) is 0 Å². The molecule has 3 nitrogen and oxygen atoms in total. The molecule has 0 saturated heterocycles. The molecule has 0 aliphatic carbocycles. The van der Waals surface area contributed by atoms with E-state index in [1.54, 1.807) is 0 Å². The lowest BCUT2D eigenvalue weighted by Gasteiger charge is -2.17. The predicted octanol–water partition coefficient (Wildman–Crippen LogP) is 1.41. The fourth-order valence-corrected chi connectivity index (χ4v) is 1.38. The third-order valence-electron chi connectivity index (χ3n) is 2.12. The normalized spacial score (nSPS) is 14.6. The van der Waals surface area contributed by atoms with Crippen LogP contribution < -0.4 is 0 Å². The Labute approximate surface area is 95.3 Å². The maximum Gasteiger partial charge on any atom is 0.155 e. The fraction of sp³-hybridized carbons (Fsp3) is 0.300. The molecule has 16 heavy (non-hydrogen) atoms. The second-order valence-electron chi connectivity index (χ2n) is 3.15. The van der Waals surface area contributed by atoms with Crippen LogP contribution in [0.3, 0.4) is 0 Å². The van der Waals surface area contributed by atoms with E-state index >= 15 is 0 Å². The van der Waals surface area contributed by atoms with Gasteiger partial charge in [0, 0.05) is 5.56 Å². The first kappa shape index (κ1) is 13.0. The molecule has 0 aliphatic heterocycles. The summed E-state index contributed by atoms with van der Waals surface area (Å²) in [5, 5.41) is 18.7. The largest absolute Gasteiger partial charge is 0.389 e. The van der Waals surface area contributed by atoms with Crippen LogP contribution >= 0.6 is 11.6 Å². The Morgan fingerprint density at radius 1 is 1.38 bits per heavy atom. The molecule has 1 aromatic rings. The molecule has 0 amide bonds. The summed E-state index contributed by atoms with van der Waals surface area (Å²) in [7, 11) is 0. The Hall–Kier alpha value is -1.04. The Balaban J connectivity index is 3.20. The molecule has 0 aromatic heterocycles. The van der Waals surface area contributed by atoms with Crippen molar-refractivity contribution in [1.82, 2.24) is 0 Å². The van der Waals surface area contributed by atoms with E-state index in [0.717, 1.165) is 12.1 Å². The number of carbonyl (C=O) groups is 1. The van der Waals surface area contributed by atoms with Crippen LogP contribution in [0.4, 0.5) is 8.78 Å². The molecular weight excluding hydrogens is 242 g/mol. The van der Waals surface area contributed by atoms with Crippen LogP contribution in [-0.4, -0.2) is 28.5 Å². The van der Waals surface area contributed by atoms with Gasteiger partial charge in [0.25, 0.3) is 0 Å². The van der Waals surface area contributed by atoms with Crippen molar-refractivity contribution in [3.63, 3.8) is 0 Å². The number of alkyl halides is 1. The van der Waals surface area contributed by atoms with Crippen LogP contribution in [0.15, 0.2) is 12.1 Å². The van der Waals surface area contributed by atoms with Gasteiger partial charge in [-0.05, 0) is 6.07 Å². The van der Waals surface area contributed by atoms with Crippen LogP contribution in [0, 0.1) is 11.6 Å². The zero-order valence-corrected chi connectivity index (χ0v) is 8.79. The minimum Gasteiger partial charge on any atom is -0.389 e. The number of halogens is 3. The number of rotatable bonds is 4. The van der Waals surface area contributed by atoms with Crippen molar-refractivity contribution in [1.29, 1.82) is 0 Å². The SMILES string of the molecule is O=Cc1c(F)ccc(C(O)C(O)CCl)c1F. The maximum absolute atomic E-state index is 13.5. The Bertz CT molecular complexity index is 398. The number of aliphatic hydroxyl groups is 2. The third kappa shape index (κ3) is 2.37. The fourth-order valence-electron chi connectivity index (χ4n) is 1.21. The molecule has 0 radical (unpaired) electrons. The van der Waals surface area contributed by atoms with Gasteiger partial charge in [0.15, 0.2) is 6.29 Å². The quantitative estimate of drug-likeness (QED) is 0.628. The van der Waals surface area contributed by atoms with E-state index in [9.17, 15) is 23.8 Å². The van der Waals surface area contributed by atoms with Crippen molar-refractivity contribution in [2.75, 3.05) is 5.88 Å². The van der Waals surface area contributed by atoms with Crippen molar-refractivity contribution < 1.29 is 23.8 Å². The highest BCUT2D eigenvalue weighted by Gasteiger charge is 2.23. The van der Waals surface area contributed by atoms with Crippen LogP contribution in [0.2, 0.25) is 0 Å². The molecule has 0 saturated carbocycles. The lowest BCUT2D eigenvalue weighted by molar-refractivity contribution is 0.0303. The molecule has 0 fully saturated rings. The van der Waals surface area contributed by atoms with Crippen LogP contribution in [-0.2, 0) is 0 Å². The van der Waals surface area contributed by atoms with Crippen molar-refractivity contribution in [2.24, 2.45) is 0 Å². The first-order valence-corrected chi connectivity index (χ1v) is 4.91. The molecule has 6 heteroatoms. The minimum atomic E-state index is -1.60. The van der Waals surface area contributed by atoms with Gasteiger partial charge in [-0.15, -0.1) is 11.6 Å². The van der Waals surface area contributed by atoms with Crippen molar-refractivity contribution in [3.05, 3.63) is 34.9 Å². The van der Waals surface area contributed by atoms with E-state index in [1.165, 1.54) is 0 Å². The predicted molar refractivity (Wildman–Crippen MR) is 53.4 cm³/mol. The number of aliphatic hydroxyl groups excluding tert-OH is 2. The van der Waals surface area contributed by atoms with Gasteiger partial charge in [0.2, 0.25) is 0 Å². The summed E-state index contributed by atoms with van der Waals surface area (Å²) >= 11 is 5.28. The van der Waals surface area contributed by atoms with Gasteiger partial charge in [0.05, 0.1) is 17.5 Å². The molecule has 1 rings (SSSR count). The standard InChI is InChI=1S/C10H9ClF2O3/c11-3-8(15)10(16)5-1-2-7(12)6(4-14)9(5)13/h1-2,4,8,10,15-16H,3H2. The Morgan fingerprint density at radius 3 is 2.50 bits per heavy atom. The molecular formula is C10H9ClF2O3. The molecule has 0 spiro atoms. The summed E-state index contributed by atoms with van der Waals surface area (Å²) in [5.74, 6) is -2.52. The molecule has 2 unspecified atom stereocenters. The van der Waals surface area contributed by atoms with Gasteiger partial charge >= 0.3 is 0 Å². The minimum absolute atomic E-state index is 0.00790. The van der Waals surface area contributed by atoms with Gasteiger partial charge < -0.3 is 10.2 Å². The number of hydrogen-bond acceptors (Lipinski definition) is 3. The van der Waals surface area contributed by atoms with Crippen molar-refractivity contribution in [3.8, 4) is 0 Å². The summed E-state index contributed by atoms with van der Waals surface area (Å²) in [5.41, 5.74) is -1.14. The number of carbonyl (C=O) groups excluding carboxylic acids is 1.